The maximum atomic E-state index is 5.30. The Bertz CT molecular complexity index is 653. The number of nitrogens with zero attached hydrogens (tertiary/aromatic N) is 2. The molecule has 2 heterocycles. The monoisotopic (exact) mass is 401 g/mol. The number of aromatic nitrogens is 3. The second-order valence-corrected chi connectivity index (χ2v) is 6.65. The number of nitrogens with one attached hydrogen (secondary N) is 1. The second kappa shape index (κ2) is 6.24. The minimum Gasteiger partial charge on any atom is -0.341 e. The van der Waals surface area contributed by atoms with E-state index in [1.807, 2.05) is 12.1 Å². The molecule has 2 aromatic heterocycles. The van der Waals surface area contributed by atoms with Gasteiger partial charge in [-0.3, -0.25) is 4.98 Å². The lowest BCUT2D eigenvalue weighted by Gasteiger charge is -2.10. The molecule has 0 amide bonds. The van der Waals surface area contributed by atoms with Crippen LogP contribution in [0.2, 0.25) is 0 Å². The highest BCUT2D eigenvalue weighted by Gasteiger charge is 2.12. The summed E-state index contributed by atoms with van der Waals surface area (Å²) >= 11 is 12.3. The molecule has 3 nitrogen and oxygen atoms in total. The van der Waals surface area contributed by atoms with Crippen LogP contribution in [0.15, 0.2) is 27.3 Å². The van der Waals surface area contributed by atoms with Crippen molar-refractivity contribution in [3.05, 3.63) is 37.6 Å². The van der Waals surface area contributed by atoms with Gasteiger partial charge in [0.05, 0.1) is 4.47 Å². The van der Waals surface area contributed by atoms with Crippen molar-refractivity contribution in [2.24, 2.45) is 5.92 Å². The topological polar surface area (TPSA) is 41.6 Å². The zero-order valence-corrected chi connectivity index (χ0v) is 14.6. The first-order chi connectivity index (χ1) is 8.99. The molecule has 1 N–H and O–H groups in total. The molecule has 0 atom stereocenters. The number of hydrogen-bond donors (Lipinski definition) is 1. The quantitative estimate of drug-likeness (QED) is 0.740. The first-order valence-electron chi connectivity index (χ1n) is 5.88. The van der Waals surface area contributed by atoms with Gasteiger partial charge in [-0.05, 0) is 56.3 Å². The third-order valence-corrected chi connectivity index (χ3v) is 4.58. The van der Waals surface area contributed by atoms with Crippen molar-refractivity contribution < 1.29 is 0 Å². The van der Waals surface area contributed by atoms with Crippen molar-refractivity contribution in [1.82, 2.24) is 15.0 Å². The van der Waals surface area contributed by atoms with Crippen LogP contribution in [-0.4, -0.2) is 15.0 Å². The van der Waals surface area contributed by atoms with E-state index in [4.69, 9.17) is 12.2 Å². The maximum absolute atomic E-state index is 5.30. The van der Waals surface area contributed by atoms with E-state index in [-0.39, 0.29) is 0 Å². The number of pyridine rings is 1. The molecule has 0 aliphatic carbocycles. The van der Waals surface area contributed by atoms with E-state index in [1.54, 1.807) is 6.20 Å². The molecule has 0 aromatic carbocycles. The standard InChI is InChI=1S/C13H13Br2N3S/c1-7(2)6-9-10(15)13(19)18-12(17-9)11-8(14)4-3-5-16-11/h3-5,7H,6H2,1-2H3,(H,17,18,19). The fourth-order valence-electron chi connectivity index (χ4n) is 1.73. The van der Waals surface area contributed by atoms with Crippen LogP contribution in [0, 0.1) is 10.6 Å². The van der Waals surface area contributed by atoms with Crippen molar-refractivity contribution in [2.75, 3.05) is 0 Å². The van der Waals surface area contributed by atoms with E-state index in [1.165, 1.54) is 0 Å². The van der Waals surface area contributed by atoms with Gasteiger partial charge in [-0.15, -0.1) is 0 Å². The Hall–Kier alpha value is -0.590. The Kier molecular flexibility index (Phi) is 4.86. The molecular weight excluding hydrogens is 390 g/mol. The Morgan fingerprint density at radius 1 is 1.37 bits per heavy atom. The Labute approximate surface area is 134 Å². The molecule has 0 unspecified atom stereocenters. The molecule has 0 fully saturated rings. The zero-order chi connectivity index (χ0) is 14.0. The largest absolute Gasteiger partial charge is 0.341 e. The molecule has 0 radical (unpaired) electrons. The molecule has 100 valence electrons. The molecule has 0 spiro atoms. The van der Waals surface area contributed by atoms with Gasteiger partial charge >= 0.3 is 0 Å². The van der Waals surface area contributed by atoms with Gasteiger partial charge in [0.15, 0.2) is 5.82 Å². The average Bonchev–Trinajstić information content (AvgIpc) is 2.35. The van der Waals surface area contributed by atoms with Gasteiger partial charge in [0, 0.05) is 16.4 Å². The lowest BCUT2D eigenvalue weighted by Crippen LogP contribution is -2.03. The van der Waals surface area contributed by atoms with Crippen LogP contribution in [0.3, 0.4) is 0 Å². The summed E-state index contributed by atoms with van der Waals surface area (Å²) < 4.78 is 2.32. The lowest BCUT2D eigenvalue weighted by molar-refractivity contribution is 0.632. The SMILES string of the molecule is CC(C)Cc1[nH]c(-c2ncccc2Br)nc(=S)c1Br. The maximum Gasteiger partial charge on any atom is 0.159 e. The van der Waals surface area contributed by atoms with Gasteiger partial charge < -0.3 is 4.98 Å². The number of hydrogen-bond acceptors (Lipinski definition) is 3. The molecule has 0 saturated carbocycles. The summed E-state index contributed by atoms with van der Waals surface area (Å²) in [6, 6.07) is 3.81. The van der Waals surface area contributed by atoms with Crippen molar-refractivity contribution >= 4 is 44.1 Å². The number of rotatable bonds is 3. The number of H-pyrrole nitrogens is 1. The summed E-state index contributed by atoms with van der Waals surface area (Å²) in [6.07, 6.45) is 2.65. The third kappa shape index (κ3) is 3.49. The Balaban J connectivity index is 2.57. The van der Waals surface area contributed by atoms with Crippen LogP contribution in [-0.2, 0) is 6.42 Å². The molecule has 19 heavy (non-hydrogen) atoms. The highest BCUT2D eigenvalue weighted by Crippen LogP contribution is 2.26. The van der Waals surface area contributed by atoms with Gasteiger partial charge in [0.1, 0.15) is 10.3 Å². The Morgan fingerprint density at radius 3 is 2.74 bits per heavy atom. The van der Waals surface area contributed by atoms with Crippen LogP contribution in [0.25, 0.3) is 11.5 Å². The van der Waals surface area contributed by atoms with E-state index in [9.17, 15) is 0 Å². The minimum absolute atomic E-state index is 0.532. The molecule has 6 heteroatoms. The van der Waals surface area contributed by atoms with E-state index < -0.39 is 0 Å². The molecule has 0 aliphatic rings. The highest BCUT2D eigenvalue weighted by atomic mass is 79.9. The van der Waals surface area contributed by atoms with E-state index in [2.05, 4.69) is 60.7 Å². The van der Waals surface area contributed by atoms with Crippen LogP contribution >= 0.6 is 44.1 Å². The van der Waals surface area contributed by atoms with Crippen LogP contribution in [0.5, 0.6) is 0 Å². The molecule has 2 aromatic rings. The molecule has 0 saturated heterocycles. The predicted octanol–water partition coefficient (Wildman–Crippen LogP) is 4.92. The van der Waals surface area contributed by atoms with Crippen molar-refractivity contribution in [3.63, 3.8) is 0 Å². The van der Waals surface area contributed by atoms with Gasteiger partial charge in [-0.1, -0.05) is 26.1 Å². The molecular formula is C13H13Br2N3S. The second-order valence-electron chi connectivity index (χ2n) is 4.61. The summed E-state index contributed by atoms with van der Waals surface area (Å²) in [7, 11) is 0. The normalized spacial score (nSPS) is 11.0. The molecule has 0 aliphatic heterocycles. The van der Waals surface area contributed by atoms with Crippen molar-refractivity contribution in [1.29, 1.82) is 0 Å². The summed E-state index contributed by atoms with van der Waals surface area (Å²) in [6.45, 7) is 4.33. The van der Waals surface area contributed by atoms with Gasteiger partial charge in [0.25, 0.3) is 0 Å². The summed E-state index contributed by atoms with van der Waals surface area (Å²) in [5.41, 5.74) is 1.83. The molecule has 2 rings (SSSR count). The fraction of sp³-hybridized carbons (Fsp3) is 0.308. The summed E-state index contributed by atoms with van der Waals surface area (Å²) in [5.74, 6) is 1.22. The first kappa shape index (κ1) is 14.8. The molecule has 0 bridgehead atoms. The van der Waals surface area contributed by atoms with E-state index >= 15 is 0 Å². The Morgan fingerprint density at radius 2 is 2.11 bits per heavy atom. The minimum atomic E-state index is 0.532. The highest BCUT2D eigenvalue weighted by molar-refractivity contribution is 9.11. The average molecular weight is 403 g/mol. The predicted molar refractivity (Wildman–Crippen MR) is 86.6 cm³/mol. The van der Waals surface area contributed by atoms with Crippen LogP contribution in [0.1, 0.15) is 19.5 Å². The van der Waals surface area contributed by atoms with Gasteiger partial charge in [-0.25, -0.2) is 4.98 Å². The smallest absolute Gasteiger partial charge is 0.159 e. The number of halogens is 2. The van der Waals surface area contributed by atoms with Crippen LogP contribution in [0.4, 0.5) is 0 Å². The zero-order valence-electron chi connectivity index (χ0n) is 10.6. The summed E-state index contributed by atoms with van der Waals surface area (Å²) in [5, 5.41) is 0. The van der Waals surface area contributed by atoms with E-state index in [0.29, 0.717) is 16.4 Å². The first-order valence-corrected chi connectivity index (χ1v) is 7.88. The van der Waals surface area contributed by atoms with E-state index in [0.717, 1.165) is 26.8 Å². The van der Waals surface area contributed by atoms with Crippen molar-refractivity contribution in [2.45, 2.75) is 20.3 Å². The van der Waals surface area contributed by atoms with Crippen LogP contribution < -0.4 is 0 Å². The van der Waals surface area contributed by atoms with Crippen molar-refractivity contribution in [3.8, 4) is 11.5 Å². The fourth-order valence-corrected chi connectivity index (χ4v) is 2.73. The van der Waals surface area contributed by atoms with Gasteiger partial charge in [-0.2, -0.15) is 0 Å². The number of aromatic amines is 1. The third-order valence-electron chi connectivity index (χ3n) is 2.53. The lowest BCUT2D eigenvalue weighted by atomic mass is 10.1. The summed E-state index contributed by atoms with van der Waals surface area (Å²) in [4.78, 5) is 12.1. The van der Waals surface area contributed by atoms with Gasteiger partial charge in [0.2, 0.25) is 0 Å².